The fourth-order valence-corrected chi connectivity index (χ4v) is 2.58. The van der Waals surface area contributed by atoms with Crippen molar-refractivity contribution in [3.8, 4) is 11.5 Å². The van der Waals surface area contributed by atoms with Crippen LogP contribution in [0.25, 0.3) is 0 Å². The third-order valence-electron chi connectivity index (χ3n) is 2.92. The van der Waals surface area contributed by atoms with Crippen molar-refractivity contribution in [2.45, 2.75) is 4.90 Å². The topological polar surface area (TPSA) is 139 Å². The third-order valence-corrected chi connectivity index (χ3v) is 3.84. The number of ether oxygens (including phenoxy) is 2. The van der Waals surface area contributed by atoms with Gasteiger partial charge in [0.25, 0.3) is 0 Å². The maximum atomic E-state index is 11.8. The lowest BCUT2D eigenvalue weighted by molar-refractivity contribution is -0.385. The van der Waals surface area contributed by atoms with Crippen LogP contribution in [-0.2, 0) is 14.8 Å². The van der Waals surface area contributed by atoms with Crippen molar-refractivity contribution in [2.75, 3.05) is 7.11 Å². The quantitative estimate of drug-likeness (QED) is 0.492. The van der Waals surface area contributed by atoms with Gasteiger partial charge in [0.2, 0.25) is 15.8 Å². The minimum atomic E-state index is -4.41. The van der Waals surface area contributed by atoms with Crippen LogP contribution in [0.3, 0.4) is 0 Å². The highest BCUT2D eigenvalue weighted by Gasteiger charge is 2.29. The largest absolute Gasteiger partial charge is 0.465 e. The van der Waals surface area contributed by atoms with Crippen LogP contribution in [0, 0.1) is 10.1 Å². The number of carbonyl (C=O) groups is 1. The number of carbonyl (C=O) groups excluding carboxylic acids is 1. The number of nitro benzene ring substituents is 1. The zero-order valence-corrected chi connectivity index (χ0v) is 13.1. The Labute approximate surface area is 136 Å². The molecule has 0 fully saturated rings. The minimum Gasteiger partial charge on any atom is -0.465 e. The summed E-state index contributed by atoms with van der Waals surface area (Å²) >= 11 is 0. The lowest BCUT2D eigenvalue weighted by Gasteiger charge is -2.11. The molecule has 0 radical (unpaired) electrons. The van der Waals surface area contributed by atoms with Crippen LogP contribution in [0.2, 0.25) is 0 Å². The van der Waals surface area contributed by atoms with E-state index in [2.05, 4.69) is 4.74 Å². The number of sulfonamides is 1. The predicted octanol–water partition coefficient (Wildman–Crippen LogP) is 1.82. The number of nitrogens with two attached hydrogens (primary N) is 1. The molecule has 0 aliphatic carbocycles. The maximum absolute atomic E-state index is 11.8. The van der Waals surface area contributed by atoms with E-state index >= 15 is 0 Å². The monoisotopic (exact) mass is 352 g/mol. The molecule has 0 saturated heterocycles. The summed E-state index contributed by atoms with van der Waals surface area (Å²) in [4.78, 5) is 21.3. The van der Waals surface area contributed by atoms with Crippen molar-refractivity contribution in [1.29, 1.82) is 0 Å². The Morgan fingerprint density at radius 3 is 2.33 bits per heavy atom. The van der Waals surface area contributed by atoms with E-state index in [-0.39, 0.29) is 11.3 Å². The summed E-state index contributed by atoms with van der Waals surface area (Å²) in [5.41, 5.74) is -1.07. The van der Waals surface area contributed by atoms with Gasteiger partial charge in [-0.05, 0) is 18.2 Å². The average molecular weight is 352 g/mol. The van der Waals surface area contributed by atoms with E-state index in [1.165, 1.54) is 12.1 Å². The van der Waals surface area contributed by atoms with E-state index in [9.17, 15) is 23.3 Å². The van der Waals surface area contributed by atoms with Gasteiger partial charge in [-0.25, -0.2) is 18.4 Å². The molecule has 0 aliphatic rings. The first-order valence-electron chi connectivity index (χ1n) is 6.40. The molecule has 0 heterocycles. The lowest BCUT2D eigenvalue weighted by Crippen LogP contribution is -2.16. The van der Waals surface area contributed by atoms with E-state index in [1.807, 2.05) is 0 Å². The molecule has 10 heteroatoms. The van der Waals surface area contributed by atoms with Gasteiger partial charge in [-0.2, -0.15) is 0 Å². The molecule has 0 spiro atoms. The van der Waals surface area contributed by atoms with Crippen molar-refractivity contribution < 1.29 is 27.6 Å². The van der Waals surface area contributed by atoms with Crippen LogP contribution in [0.1, 0.15) is 10.4 Å². The summed E-state index contributed by atoms with van der Waals surface area (Å²) in [5.74, 6) is -1.37. The minimum absolute atomic E-state index is 0.163. The second-order valence-electron chi connectivity index (χ2n) is 4.53. The molecular weight excluding hydrogens is 340 g/mol. The number of nitrogens with zero attached hydrogens (tertiary/aromatic N) is 1. The maximum Gasteiger partial charge on any atom is 0.338 e. The normalized spacial score (nSPS) is 10.9. The first kappa shape index (κ1) is 17.4. The molecule has 2 rings (SSSR count). The van der Waals surface area contributed by atoms with Crippen LogP contribution in [0.15, 0.2) is 47.4 Å². The van der Waals surface area contributed by atoms with Gasteiger partial charge in [0.05, 0.1) is 17.6 Å². The van der Waals surface area contributed by atoms with Gasteiger partial charge >= 0.3 is 11.7 Å². The summed E-state index contributed by atoms with van der Waals surface area (Å²) in [5, 5.41) is 16.4. The number of esters is 1. The number of nitro groups is 1. The van der Waals surface area contributed by atoms with Crippen molar-refractivity contribution in [1.82, 2.24) is 0 Å². The van der Waals surface area contributed by atoms with E-state index in [1.54, 1.807) is 18.2 Å². The van der Waals surface area contributed by atoms with E-state index < -0.39 is 37.2 Å². The second-order valence-corrected chi connectivity index (χ2v) is 6.06. The van der Waals surface area contributed by atoms with Crippen LogP contribution in [-0.4, -0.2) is 26.4 Å². The average Bonchev–Trinajstić information content (AvgIpc) is 2.53. The molecule has 2 N–H and O–H groups in total. The van der Waals surface area contributed by atoms with Gasteiger partial charge in [0.15, 0.2) is 0 Å². The number of hydrogen-bond donors (Lipinski definition) is 1. The Bertz CT molecular complexity index is 895. The smallest absolute Gasteiger partial charge is 0.338 e. The molecule has 0 amide bonds. The number of methoxy groups -OCH3 is 1. The Kier molecular flexibility index (Phi) is 4.81. The van der Waals surface area contributed by atoms with Crippen LogP contribution in [0.4, 0.5) is 5.69 Å². The number of primary sulfonamides is 1. The highest BCUT2D eigenvalue weighted by Crippen LogP contribution is 2.38. The van der Waals surface area contributed by atoms with Gasteiger partial charge in [0.1, 0.15) is 10.6 Å². The second kappa shape index (κ2) is 6.64. The summed E-state index contributed by atoms with van der Waals surface area (Å²) < 4.78 is 33.4. The first-order chi connectivity index (χ1) is 11.2. The first-order valence-corrected chi connectivity index (χ1v) is 7.95. The van der Waals surface area contributed by atoms with Crippen LogP contribution >= 0.6 is 0 Å². The van der Waals surface area contributed by atoms with E-state index in [0.29, 0.717) is 0 Å². The Hall–Kier alpha value is -2.98. The fourth-order valence-electron chi connectivity index (χ4n) is 1.88. The molecule has 2 aromatic rings. The Balaban J connectivity index is 2.74. The van der Waals surface area contributed by atoms with E-state index in [4.69, 9.17) is 9.88 Å². The molecule has 126 valence electrons. The Morgan fingerprint density at radius 2 is 1.83 bits per heavy atom. The molecule has 0 saturated carbocycles. The Morgan fingerprint density at radius 1 is 1.21 bits per heavy atom. The van der Waals surface area contributed by atoms with Gasteiger partial charge in [0, 0.05) is 6.07 Å². The number of benzene rings is 2. The van der Waals surface area contributed by atoms with Gasteiger partial charge in [-0.1, -0.05) is 18.2 Å². The third kappa shape index (κ3) is 3.67. The number of rotatable bonds is 5. The summed E-state index contributed by atoms with van der Waals surface area (Å²) in [6, 6.07) is 9.56. The molecular formula is C14H12N2O7S. The van der Waals surface area contributed by atoms with E-state index in [0.717, 1.165) is 19.2 Å². The predicted molar refractivity (Wildman–Crippen MR) is 82.3 cm³/mol. The zero-order chi connectivity index (χ0) is 17.9. The lowest BCUT2D eigenvalue weighted by atomic mass is 10.2. The molecule has 9 nitrogen and oxygen atoms in total. The molecule has 0 bridgehead atoms. The van der Waals surface area contributed by atoms with Gasteiger partial charge < -0.3 is 9.47 Å². The van der Waals surface area contributed by atoms with Crippen LogP contribution < -0.4 is 9.88 Å². The molecule has 0 aliphatic heterocycles. The molecule has 0 atom stereocenters. The molecule has 0 aromatic heterocycles. The summed E-state index contributed by atoms with van der Waals surface area (Å²) in [7, 11) is -3.36. The molecule has 2 aromatic carbocycles. The van der Waals surface area contributed by atoms with Crippen molar-refractivity contribution in [3.05, 3.63) is 58.1 Å². The fraction of sp³-hybridized carbons (Fsp3) is 0.0714. The van der Waals surface area contributed by atoms with Gasteiger partial charge in [-0.15, -0.1) is 0 Å². The standard InChI is InChI=1S/C14H12N2O7S/c1-22-14(17)9-7-11(16(18)19)13(12(8-9)24(15,20)21)23-10-5-3-2-4-6-10/h2-8H,1H3,(H2,15,20,21). The molecule has 24 heavy (non-hydrogen) atoms. The highest BCUT2D eigenvalue weighted by atomic mass is 32.2. The van der Waals surface area contributed by atoms with Crippen molar-refractivity contribution in [2.24, 2.45) is 5.14 Å². The van der Waals surface area contributed by atoms with Crippen molar-refractivity contribution in [3.63, 3.8) is 0 Å². The van der Waals surface area contributed by atoms with Crippen LogP contribution in [0.5, 0.6) is 11.5 Å². The zero-order valence-electron chi connectivity index (χ0n) is 12.3. The van der Waals surface area contributed by atoms with Crippen molar-refractivity contribution >= 4 is 21.7 Å². The molecule has 0 unspecified atom stereocenters. The highest BCUT2D eigenvalue weighted by molar-refractivity contribution is 7.89. The summed E-state index contributed by atoms with van der Waals surface area (Å²) in [6.07, 6.45) is 0. The number of para-hydroxylation sites is 1. The number of hydrogen-bond acceptors (Lipinski definition) is 7. The summed E-state index contributed by atoms with van der Waals surface area (Å²) in [6.45, 7) is 0. The van der Waals surface area contributed by atoms with Gasteiger partial charge in [-0.3, -0.25) is 10.1 Å². The SMILES string of the molecule is COC(=O)c1cc([N+](=O)[O-])c(Oc2ccccc2)c(S(N)(=O)=O)c1.